The summed E-state index contributed by atoms with van der Waals surface area (Å²) in [6, 6.07) is 26.7. The van der Waals surface area contributed by atoms with Gasteiger partial charge in [-0.2, -0.15) is 0 Å². The van der Waals surface area contributed by atoms with Gasteiger partial charge in [0, 0.05) is 39.3 Å². The highest BCUT2D eigenvalue weighted by molar-refractivity contribution is 7.01. The minimum absolute atomic E-state index is 0.000599. The van der Waals surface area contributed by atoms with Gasteiger partial charge in [-0.3, -0.25) is 4.90 Å². The predicted octanol–water partition coefficient (Wildman–Crippen LogP) is 16.8. The lowest BCUT2D eigenvalue weighted by Crippen LogP contribution is -2.61. The first-order valence-electron chi connectivity index (χ1n) is 29.2. The normalized spacial score (nSPS) is 21.4. The number of furan rings is 1. The highest BCUT2D eigenvalue weighted by Gasteiger charge is 2.49. The van der Waals surface area contributed by atoms with Crippen LogP contribution < -0.4 is 26.2 Å². The van der Waals surface area contributed by atoms with E-state index < -0.39 is 6.04 Å². The average Bonchev–Trinajstić information content (AvgIpc) is 3.95. The molecule has 3 heterocycles. The monoisotopic (exact) mass is 942 g/mol. The van der Waals surface area contributed by atoms with Gasteiger partial charge in [-0.15, -0.1) is 0 Å². The van der Waals surface area contributed by atoms with Crippen molar-refractivity contribution < 1.29 is 11.3 Å². The lowest BCUT2D eigenvalue weighted by atomic mass is 9.33. The highest BCUT2D eigenvalue weighted by Crippen LogP contribution is 2.55. The maximum absolute atomic E-state index is 9.56. The summed E-state index contributed by atoms with van der Waals surface area (Å²) in [5.41, 5.74) is 20.1. The van der Waals surface area contributed by atoms with E-state index in [4.69, 9.17) is 8.53 Å². The van der Waals surface area contributed by atoms with Crippen molar-refractivity contribution in [3.63, 3.8) is 0 Å². The molecule has 0 amide bonds. The molecule has 0 spiro atoms. The van der Waals surface area contributed by atoms with Crippen LogP contribution >= 0.6 is 0 Å². The summed E-state index contributed by atoms with van der Waals surface area (Å²) in [4.78, 5) is 4.83. The van der Waals surface area contributed by atoms with Crippen LogP contribution in [0, 0.1) is 6.92 Å². The molecule has 5 aliphatic rings. The Morgan fingerprint density at radius 2 is 1.01 bits per heavy atom. The molecule has 0 saturated carbocycles. The molecule has 0 atom stereocenters. The van der Waals surface area contributed by atoms with Crippen LogP contribution in [0.2, 0.25) is 0 Å². The van der Waals surface area contributed by atoms with E-state index in [2.05, 4.69) is 193 Å². The van der Waals surface area contributed by atoms with E-state index in [9.17, 15) is 2.74 Å². The van der Waals surface area contributed by atoms with E-state index in [0.717, 1.165) is 100 Å². The Hall–Kier alpha value is -5.48. The molecule has 364 valence electrons. The van der Waals surface area contributed by atoms with Crippen LogP contribution in [0.5, 0.6) is 0 Å². The second-order valence-corrected chi connectivity index (χ2v) is 27.5. The van der Waals surface area contributed by atoms with Crippen LogP contribution in [-0.4, -0.2) is 6.71 Å². The van der Waals surface area contributed by atoms with E-state index in [1.807, 2.05) is 0 Å². The molecule has 4 heteroatoms. The molecule has 0 saturated heterocycles. The van der Waals surface area contributed by atoms with Crippen molar-refractivity contribution in [2.75, 3.05) is 9.80 Å². The third kappa shape index (κ3) is 6.88. The largest absolute Gasteiger partial charge is 0.440 e. The van der Waals surface area contributed by atoms with Crippen molar-refractivity contribution in [2.45, 2.75) is 187 Å². The number of rotatable bonds is 3. The molecule has 6 aromatic carbocycles. The lowest BCUT2D eigenvalue weighted by molar-refractivity contribution is 0.332. The van der Waals surface area contributed by atoms with Gasteiger partial charge in [-0.1, -0.05) is 158 Å². The number of benzene rings is 6. The number of nitrogens with zero attached hydrogens (tertiary/aromatic N) is 2. The molecule has 3 aliphatic carbocycles. The topological polar surface area (TPSA) is 19.6 Å². The molecule has 2 aliphatic heterocycles. The molecule has 0 fully saturated rings. The van der Waals surface area contributed by atoms with Gasteiger partial charge in [-0.25, -0.2) is 0 Å². The SMILES string of the molecule is [2H]c1c([2H])c([2H])c(-c2cc3c4c(c2)N(c2ccc5c(c2)C(C)(C)CCC5(C)C)c2oc5cc6c(cc5c2B4c2ccc(C(C)(C)C)cc2N3c2cc3c(cc2C)C(C)(C)CCC3(C)C)C(C)(C)CCC6(C)C)c([2H])c1[2H]. The molecule has 1 aromatic heterocycles. The lowest BCUT2D eigenvalue weighted by Gasteiger charge is -2.46. The first-order valence-corrected chi connectivity index (χ1v) is 26.7. The van der Waals surface area contributed by atoms with E-state index in [0.29, 0.717) is 5.56 Å². The Morgan fingerprint density at radius 1 is 0.493 bits per heavy atom. The van der Waals surface area contributed by atoms with Gasteiger partial charge < -0.3 is 9.32 Å². The summed E-state index contributed by atoms with van der Waals surface area (Å²) in [6.07, 6.45) is 6.50. The molecule has 0 N–H and O–H groups in total. The Bertz CT molecular complexity index is 3670. The fourth-order valence-electron chi connectivity index (χ4n) is 13.8. The van der Waals surface area contributed by atoms with Crippen LogP contribution in [0.15, 0.2) is 107 Å². The van der Waals surface area contributed by atoms with Gasteiger partial charge in [-0.05, 0) is 198 Å². The smallest absolute Gasteiger partial charge is 0.257 e. The van der Waals surface area contributed by atoms with Gasteiger partial charge in [0.1, 0.15) is 5.58 Å². The van der Waals surface area contributed by atoms with E-state index >= 15 is 0 Å². The molecule has 3 nitrogen and oxygen atoms in total. The molecule has 0 bridgehead atoms. The van der Waals surface area contributed by atoms with Gasteiger partial charge >= 0.3 is 0 Å². The molecule has 0 unspecified atom stereocenters. The van der Waals surface area contributed by atoms with Crippen LogP contribution in [0.25, 0.3) is 22.1 Å². The maximum atomic E-state index is 9.56. The van der Waals surface area contributed by atoms with E-state index in [1.54, 1.807) is 0 Å². The fraction of sp³-hybridized carbons (Fsp3) is 0.433. The zero-order chi connectivity index (χ0) is 54.7. The molecule has 7 aromatic rings. The maximum Gasteiger partial charge on any atom is 0.257 e. The standard InChI is InChI=1S/C67H77BN2O/c1-40-32-47-50(66(13,14)30-28-63(47,7)8)38-53(40)70-54-35-43(61(2,3)4)22-25-52(54)68-58-45-37-49-51(67(15,16)31-29-65(49,11)12)39-57(45)71-60(58)69(44-23-24-46-48(36-44)64(9,10)27-26-62(46,5)6)55-33-42(34-56(70)59(55)68)41-20-18-17-19-21-41/h17-25,32-39H,26-31H2,1-16H3/i17D,18D,19D,20D,21D. The predicted molar refractivity (Wildman–Crippen MR) is 305 cm³/mol. The Kier molecular flexibility index (Phi) is 8.57. The van der Waals surface area contributed by atoms with Crippen molar-refractivity contribution in [2.24, 2.45) is 0 Å². The summed E-state index contributed by atoms with van der Waals surface area (Å²) in [6.45, 7) is 37.5. The summed E-state index contributed by atoms with van der Waals surface area (Å²) in [7, 11) is 0. The number of aryl methyl sites for hydroxylation is 1. The van der Waals surface area contributed by atoms with E-state index in [1.165, 1.54) is 44.4 Å². The summed E-state index contributed by atoms with van der Waals surface area (Å²) in [5.74, 6) is 0.760. The van der Waals surface area contributed by atoms with Crippen LogP contribution in [0.3, 0.4) is 0 Å². The molecule has 0 radical (unpaired) electrons. The van der Waals surface area contributed by atoms with E-state index in [-0.39, 0.29) is 74.4 Å². The minimum atomic E-state index is -0.402. The first-order chi connectivity index (χ1) is 35.3. The number of hydrogen-bond donors (Lipinski definition) is 0. The third-order valence-electron chi connectivity index (χ3n) is 18.8. The quantitative estimate of drug-likeness (QED) is 0.165. The van der Waals surface area contributed by atoms with Crippen LogP contribution in [0.1, 0.15) is 194 Å². The van der Waals surface area contributed by atoms with Crippen LogP contribution in [0.4, 0.5) is 34.3 Å². The number of hydrogen-bond acceptors (Lipinski definition) is 3. The second kappa shape index (κ2) is 14.8. The second-order valence-electron chi connectivity index (χ2n) is 27.5. The van der Waals surface area contributed by atoms with Crippen molar-refractivity contribution in [3.8, 4) is 11.1 Å². The average molecular weight is 942 g/mol. The summed E-state index contributed by atoms with van der Waals surface area (Å²) >= 11 is 0. The van der Waals surface area contributed by atoms with Gasteiger partial charge in [0.2, 0.25) is 5.88 Å². The van der Waals surface area contributed by atoms with Gasteiger partial charge in [0.15, 0.2) is 0 Å². The third-order valence-corrected chi connectivity index (χ3v) is 18.8. The molecular weight excluding hydrogens is 860 g/mol. The molecule has 12 rings (SSSR count). The molecular formula is C67H77BN2O. The Labute approximate surface area is 433 Å². The van der Waals surface area contributed by atoms with Gasteiger partial charge in [0.05, 0.1) is 6.85 Å². The Morgan fingerprint density at radius 3 is 1.61 bits per heavy atom. The van der Waals surface area contributed by atoms with Crippen LogP contribution in [-0.2, 0) is 37.9 Å². The minimum Gasteiger partial charge on any atom is -0.440 e. The zero-order valence-corrected chi connectivity index (χ0v) is 45.6. The fourth-order valence-corrected chi connectivity index (χ4v) is 13.8. The van der Waals surface area contributed by atoms with Crippen molar-refractivity contribution in [1.29, 1.82) is 0 Å². The van der Waals surface area contributed by atoms with Crippen molar-refractivity contribution >= 4 is 68.4 Å². The summed E-state index contributed by atoms with van der Waals surface area (Å²) in [5, 5.41) is 1.12. The number of fused-ring (bicyclic) bond motifs is 9. The first kappa shape index (κ1) is 41.0. The van der Waals surface area contributed by atoms with Crippen molar-refractivity contribution in [1.82, 2.24) is 0 Å². The van der Waals surface area contributed by atoms with Crippen molar-refractivity contribution in [3.05, 3.63) is 148 Å². The number of anilines is 6. The Balaban J connectivity index is 1.28. The summed E-state index contributed by atoms with van der Waals surface area (Å²) < 4.78 is 53.5. The zero-order valence-electron chi connectivity index (χ0n) is 50.6. The highest BCUT2D eigenvalue weighted by atomic mass is 16.4. The van der Waals surface area contributed by atoms with Gasteiger partial charge in [0.25, 0.3) is 6.71 Å². The molecule has 71 heavy (non-hydrogen) atoms.